The first kappa shape index (κ1) is 13.5. The van der Waals surface area contributed by atoms with Crippen molar-refractivity contribution in [1.82, 2.24) is 4.98 Å². The average Bonchev–Trinajstić information content (AvgIpc) is 2.36. The van der Waals surface area contributed by atoms with Crippen LogP contribution in [0.1, 0.15) is 5.69 Å². The Morgan fingerprint density at radius 3 is 2.20 bits per heavy atom. The van der Waals surface area contributed by atoms with Crippen molar-refractivity contribution in [3.8, 4) is 0 Å². The van der Waals surface area contributed by atoms with Crippen molar-refractivity contribution in [2.75, 3.05) is 0 Å². The summed E-state index contributed by atoms with van der Waals surface area (Å²) in [6, 6.07) is 9.14. The van der Waals surface area contributed by atoms with E-state index in [1.54, 1.807) is 18.2 Å². The van der Waals surface area contributed by atoms with Gasteiger partial charge in [0.05, 0.1) is 10.5 Å². The van der Waals surface area contributed by atoms with Gasteiger partial charge in [-0.25, -0.2) is 4.98 Å². The number of benzene rings is 2. The van der Waals surface area contributed by atoms with Gasteiger partial charge in [0.2, 0.25) is 0 Å². The molecule has 0 aliphatic carbocycles. The second-order valence-electron chi connectivity index (χ2n) is 4.29. The standard InChI is InChI=1S/C14H6Cl2F3N/c15-7-5-10-8-3-1-2-4-9(8)13(14(17,18)19)20-12(10)11(16)6-7/h1-6H. The number of rotatable bonds is 0. The summed E-state index contributed by atoms with van der Waals surface area (Å²) < 4.78 is 39.4. The zero-order valence-corrected chi connectivity index (χ0v) is 11.3. The topological polar surface area (TPSA) is 12.9 Å². The number of pyridine rings is 1. The molecule has 2 aromatic carbocycles. The smallest absolute Gasteiger partial charge is 0.241 e. The zero-order chi connectivity index (χ0) is 14.5. The van der Waals surface area contributed by atoms with Crippen LogP contribution in [0.5, 0.6) is 0 Å². The van der Waals surface area contributed by atoms with Crippen molar-refractivity contribution in [3.05, 3.63) is 52.1 Å². The van der Waals surface area contributed by atoms with E-state index < -0.39 is 11.9 Å². The Balaban J connectivity index is 2.59. The Morgan fingerprint density at radius 1 is 0.900 bits per heavy atom. The Morgan fingerprint density at radius 2 is 1.55 bits per heavy atom. The molecule has 3 rings (SSSR count). The first-order valence-corrected chi connectivity index (χ1v) is 6.38. The molecule has 102 valence electrons. The molecule has 0 bridgehead atoms. The normalized spacial score (nSPS) is 12.2. The molecule has 0 radical (unpaired) electrons. The van der Waals surface area contributed by atoms with Gasteiger partial charge in [0.15, 0.2) is 5.69 Å². The Kier molecular flexibility index (Phi) is 3.03. The van der Waals surface area contributed by atoms with Crippen LogP contribution < -0.4 is 0 Å². The number of halogens is 5. The molecule has 0 fully saturated rings. The maximum absolute atomic E-state index is 13.1. The molecule has 6 heteroatoms. The monoisotopic (exact) mass is 315 g/mol. The molecule has 0 aliphatic heterocycles. The van der Waals surface area contributed by atoms with E-state index in [1.165, 1.54) is 18.2 Å². The van der Waals surface area contributed by atoms with E-state index >= 15 is 0 Å². The van der Waals surface area contributed by atoms with Crippen molar-refractivity contribution < 1.29 is 13.2 Å². The molecule has 1 nitrogen and oxygen atoms in total. The minimum absolute atomic E-state index is 0.0332. The largest absolute Gasteiger partial charge is 0.433 e. The van der Waals surface area contributed by atoms with Crippen molar-refractivity contribution in [3.63, 3.8) is 0 Å². The molecule has 0 N–H and O–H groups in total. The first-order valence-electron chi connectivity index (χ1n) is 5.62. The lowest BCUT2D eigenvalue weighted by Gasteiger charge is -2.13. The van der Waals surface area contributed by atoms with Gasteiger partial charge >= 0.3 is 6.18 Å². The number of hydrogen-bond acceptors (Lipinski definition) is 1. The van der Waals surface area contributed by atoms with E-state index in [9.17, 15) is 13.2 Å². The summed E-state index contributed by atoms with van der Waals surface area (Å²) in [6.07, 6.45) is -4.54. The third kappa shape index (κ3) is 2.09. The fourth-order valence-electron chi connectivity index (χ4n) is 2.20. The van der Waals surface area contributed by atoms with Crippen LogP contribution in [0.25, 0.3) is 21.7 Å². The molecule has 0 aliphatic rings. The average molecular weight is 316 g/mol. The fraction of sp³-hybridized carbons (Fsp3) is 0.0714. The molecular formula is C14H6Cl2F3N. The van der Waals surface area contributed by atoms with Crippen LogP contribution in [0, 0.1) is 0 Å². The maximum Gasteiger partial charge on any atom is 0.433 e. The molecule has 20 heavy (non-hydrogen) atoms. The molecule has 0 unspecified atom stereocenters. The zero-order valence-electron chi connectivity index (χ0n) is 9.80. The number of aromatic nitrogens is 1. The summed E-state index contributed by atoms with van der Waals surface area (Å²) in [5.74, 6) is 0. The highest BCUT2D eigenvalue weighted by atomic mass is 35.5. The van der Waals surface area contributed by atoms with Gasteiger partial charge in [-0.1, -0.05) is 47.5 Å². The summed E-state index contributed by atoms with van der Waals surface area (Å²) in [4.78, 5) is 3.70. The molecule has 0 amide bonds. The highest BCUT2D eigenvalue weighted by molar-refractivity contribution is 6.39. The van der Waals surface area contributed by atoms with Gasteiger partial charge in [-0.2, -0.15) is 13.2 Å². The fourth-order valence-corrected chi connectivity index (χ4v) is 2.73. The van der Waals surface area contributed by atoms with Crippen molar-refractivity contribution in [2.24, 2.45) is 0 Å². The highest BCUT2D eigenvalue weighted by Gasteiger charge is 2.35. The van der Waals surface area contributed by atoms with Gasteiger partial charge in [0.25, 0.3) is 0 Å². The lowest BCUT2D eigenvalue weighted by Crippen LogP contribution is -2.09. The summed E-state index contributed by atoms with van der Waals surface area (Å²) in [5, 5.41) is 1.42. The lowest BCUT2D eigenvalue weighted by atomic mass is 10.0. The van der Waals surface area contributed by atoms with Gasteiger partial charge in [-0.05, 0) is 17.5 Å². The van der Waals surface area contributed by atoms with Crippen LogP contribution in [0.2, 0.25) is 10.0 Å². The third-order valence-electron chi connectivity index (χ3n) is 2.99. The molecule has 0 saturated carbocycles. The first-order chi connectivity index (χ1) is 9.38. The number of fused-ring (bicyclic) bond motifs is 3. The SMILES string of the molecule is FC(F)(F)c1nc2c(Cl)cc(Cl)cc2c2ccccc12. The van der Waals surface area contributed by atoms with Crippen LogP contribution in [-0.4, -0.2) is 4.98 Å². The summed E-state index contributed by atoms with van der Waals surface area (Å²) in [7, 11) is 0. The van der Waals surface area contributed by atoms with Gasteiger partial charge in [-0.15, -0.1) is 0 Å². The van der Waals surface area contributed by atoms with Crippen LogP contribution >= 0.6 is 23.2 Å². The van der Waals surface area contributed by atoms with Crippen LogP contribution in [0.15, 0.2) is 36.4 Å². The number of nitrogens with zero attached hydrogens (tertiary/aromatic N) is 1. The summed E-state index contributed by atoms with van der Waals surface area (Å²) >= 11 is 11.9. The second-order valence-corrected chi connectivity index (χ2v) is 5.13. The molecule has 0 spiro atoms. The minimum atomic E-state index is -4.54. The van der Waals surface area contributed by atoms with Crippen LogP contribution in [0.3, 0.4) is 0 Å². The van der Waals surface area contributed by atoms with E-state index in [4.69, 9.17) is 23.2 Å². The van der Waals surface area contributed by atoms with E-state index in [-0.39, 0.29) is 15.9 Å². The van der Waals surface area contributed by atoms with Crippen molar-refractivity contribution in [1.29, 1.82) is 0 Å². The van der Waals surface area contributed by atoms with E-state index in [0.29, 0.717) is 15.8 Å². The predicted octanol–water partition coefficient (Wildman–Crippen LogP) is 5.71. The van der Waals surface area contributed by atoms with Gasteiger partial charge in [0.1, 0.15) is 0 Å². The Hall–Kier alpha value is -1.52. The van der Waals surface area contributed by atoms with Crippen molar-refractivity contribution >= 4 is 44.9 Å². The number of alkyl halides is 3. The third-order valence-corrected chi connectivity index (χ3v) is 3.50. The van der Waals surface area contributed by atoms with E-state index in [2.05, 4.69) is 4.98 Å². The second kappa shape index (κ2) is 4.50. The van der Waals surface area contributed by atoms with Gasteiger partial charge in [0, 0.05) is 15.8 Å². The minimum Gasteiger partial charge on any atom is -0.241 e. The van der Waals surface area contributed by atoms with Crippen LogP contribution in [-0.2, 0) is 6.18 Å². The molecule has 0 saturated heterocycles. The van der Waals surface area contributed by atoms with Crippen LogP contribution in [0.4, 0.5) is 13.2 Å². The molecule has 1 aromatic heterocycles. The Labute approximate surface area is 121 Å². The predicted molar refractivity (Wildman–Crippen MR) is 74.3 cm³/mol. The number of hydrogen-bond donors (Lipinski definition) is 0. The molecule has 1 heterocycles. The Bertz CT molecular complexity index is 828. The van der Waals surface area contributed by atoms with E-state index in [0.717, 1.165) is 0 Å². The van der Waals surface area contributed by atoms with Gasteiger partial charge in [-0.3, -0.25) is 0 Å². The van der Waals surface area contributed by atoms with E-state index in [1.807, 2.05) is 0 Å². The van der Waals surface area contributed by atoms with Gasteiger partial charge < -0.3 is 0 Å². The van der Waals surface area contributed by atoms with Crippen molar-refractivity contribution in [2.45, 2.75) is 6.18 Å². The molecule has 0 atom stereocenters. The lowest BCUT2D eigenvalue weighted by molar-refractivity contribution is -0.139. The molecular weight excluding hydrogens is 310 g/mol. The highest BCUT2D eigenvalue weighted by Crippen LogP contribution is 2.38. The summed E-state index contributed by atoms with van der Waals surface area (Å²) in [6.45, 7) is 0. The summed E-state index contributed by atoms with van der Waals surface area (Å²) in [5.41, 5.74) is -0.841. The maximum atomic E-state index is 13.1. The quantitative estimate of drug-likeness (QED) is 0.484. The molecule has 3 aromatic rings.